The third-order valence-electron chi connectivity index (χ3n) is 3.43. The fourth-order valence-electron chi connectivity index (χ4n) is 2.36. The van der Waals surface area contributed by atoms with Gasteiger partial charge in [0.15, 0.2) is 0 Å². The Kier molecular flexibility index (Phi) is 6.05. The van der Waals surface area contributed by atoms with E-state index in [-0.39, 0.29) is 18.0 Å². The molecule has 0 heterocycles. The molecule has 0 aliphatic rings. The van der Waals surface area contributed by atoms with Gasteiger partial charge in [0.1, 0.15) is 17.4 Å². The second kappa shape index (κ2) is 8.23. The Morgan fingerprint density at radius 2 is 1.68 bits per heavy atom. The van der Waals surface area contributed by atoms with E-state index in [1.165, 1.54) is 14.0 Å². The zero-order valence-electron chi connectivity index (χ0n) is 13.8. The molecule has 7 heteroatoms. The van der Waals surface area contributed by atoms with Gasteiger partial charge in [0.05, 0.1) is 19.6 Å². The lowest BCUT2D eigenvalue weighted by atomic mass is 10.0. The average Bonchev–Trinajstić information content (AvgIpc) is 2.53. The van der Waals surface area contributed by atoms with Crippen LogP contribution in [0.1, 0.15) is 24.9 Å². The van der Waals surface area contributed by atoms with Crippen molar-refractivity contribution in [2.75, 3.05) is 12.4 Å². The number of nitrogens with one attached hydrogen (secondary N) is 2. The lowest BCUT2D eigenvalue weighted by Crippen LogP contribution is -2.29. The summed E-state index contributed by atoms with van der Waals surface area (Å²) < 4.78 is 31.5. The molecule has 25 heavy (non-hydrogen) atoms. The number of amides is 2. The first-order valence-corrected chi connectivity index (χ1v) is 7.54. The van der Waals surface area contributed by atoms with Crippen molar-refractivity contribution < 1.29 is 23.1 Å². The fraction of sp³-hybridized carbons (Fsp3) is 0.222. The first-order chi connectivity index (χ1) is 11.9. The summed E-state index contributed by atoms with van der Waals surface area (Å²) in [6.45, 7) is 1.34. The highest BCUT2D eigenvalue weighted by atomic mass is 19.1. The normalized spacial score (nSPS) is 11.5. The van der Waals surface area contributed by atoms with Crippen molar-refractivity contribution in [1.82, 2.24) is 5.32 Å². The Labute approximate surface area is 144 Å². The standard InChI is InChI=1S/C18H18F2N2O3/c1-11(23)21-17(12-3-5-16(25-2)6-4-12)10-18(24)22-15-8-13(19)7-14(20)9-15/h3-9,17H,10H2,1-2H3,(H,21,23)(H,22,24). The molecule has 0 fully saturated rings. The Morgan fingerprint density at radius 3 is 2.20 bits per heavy atom. The molecule has 2 amide bonds. The van der Waals surface area contributed by atoms with E-state index in [4.69, 9.17) is 4.74 Å². The van der Waals surface area contributed by atoms with Crippen molar-refractivity contribution in [3.05, 3.63) is 59.7 Å². The molecule has 0 aliphatic heterocycles. The van der Waals surface area contributed by atoms with Gasteiger partial charge in [0.2, 0.25) is 11.8 Å². The first kappa shape index (κ1) is 18.4. The molecule has 0 radical (unpaired) electrons. The third kappa shape index (κ3) is 5.56. The summed E-state index contributed by atoms with van der Waals surface area (Å²) in [7, 11) is 1.53. The minimum Gasteiger partial charge on any atom is -0.497 e. The summed E-state index contributed by atoms with van der Waals surface area (Å²) in [6.07, 6.45) is -0.0932. The van der Waals surface area contributed by atoms with Gasteiger partial charge in [-0.2, -0.15) is 0 Å². The van der Waals surface area contributed by atoms with Crippen molar-refractivity contribution in [3.63, 3.8) is 0 Å². The molecular formula is C18H18F2N2O3. The summed E-state index contributed by atoms with van der Waals surface area (Å²) in [4.78, 5) is 23.6. The van der Waals surface area contributed by atoms with E-state index in [1.807, 2.05) is 0 Å². The van der Waals surface area contributed by atoms with Crippen LogP contribution in [-0.4, -0.2) is 18.9 Å². The maximum absolute atomic E-state index is 13.2. The number of ether oxygens (including phenoxy) is 1. The number of benzene rings is 2. The van der Waals surface area contributed by atoms with Crippen LogP contribution < -0.4 is 15.4 Å². The molecule has 0 aromatic heterocycles. The number of anilines is 1. The SMILES string of the molecule is COc1ccc(C(CC(=O)Nc2cc(F)cc(F)c2)NC(C)=O)cc1. The molecule has 0 spiro atoms. The van der Waals surface area contributed by atoms with Crippen molar-refractivity contribution in [2.45, 2.75) is 19.4 Å². The van der Waals surface area contributed by atoms with Crippen molar-refractivity contribution in [1.29, 1.82) is 0 Å². The number of methoxy groups -OCH3 is 1. The van der Waals surface area contributed by atoms with Crippen LogP contribution in [0.25, 0.3) is 0 Å². The van der Waals surface area contributed by atoms with Crippen LogP contribution in [0.15, 0.2) is 42.5 Å². The summed E-state index contributed by atoms with van der Waals surface area (Å²) in [5.41, 5.74) is 0.718. The molecule has 0 bridgehead atoms. The minimum atomic E-state index is -0.788. The molecule has 2 aromatic carbocycles. The van der Waals surface area contributed by atoms with Crippen molar-refractivity contribution >= 4 is 17.5 Å². The molecule has 2 rings (SSSR count). The minimum absolute atomic E-state index is 0.0128. The predicted octanol–water partition coefficient (Wildman–Crippen LogP) is 3.18. The lowest BCUT2D eigenvalue weighted by molar-refractivity contribution is -0.120. The molecule has 0 saturated heterocycles. The van der Waals surface area contributed by atoms with Crippen molar-refractivity contribution in [3.8, 4) is 5.75 Å². The van der Waals surface area contributed by atoms with Crippen LogP contribution in [0.3, 0.4) is 0 Å². The molecule has 1 unspecified atom stereocenters. The smallest absolute Gasteiger partial charge is 0.226 e. The van der Waals surface area contributed by atoms with Gasteiger partial charge < -0.3 is 15.4 Å². The quantitative estimate of drug-likeness (QED) is 0.843. The first-order valence-electron chi connectivity index (χ1n) is 7.54. The maximum Gasteiger partial charge on any atom is 0.226 e. The largest absolute Gasteiger partial charge is 0.497 e. The Balaban J connectivity index is 2.12. The summed E-state index contributed by atoms with van der Waals surface area (Å²) in [6, 6.07) is 9.05. The van der Waals surface area contributed by atoms with Gasteiger partial charge in [0.25, 0.3) is 0 Å². The highest BCUT2D eigenvalue weighted by molar-refractivity contribution is 5.91. The Bertz CT molecular complexity index is 743. The van der Waals surface area contributed by atoms with Gasteiger partial charge in [0, 0.05) is 18.7 Å². The van der Waals surface area contributed by atoms with E-state index in [1.54, 1.807) is 24.3 Å². The van der Waals surface area contributed by atoms with E-state index in [0.29, 0.717) is 17.4 Å². The molecule has 2 N–H and O–H groups in total. The van der Waals surface area contributed by atoms with Gasteiger partial charge in [-0.3, -0.25) is 9.59 Å². The maximum atomic E-state index is 13.2. The molecule has 0 saturated carbocycles. The molecular weight excluding hydrogens is 330 g/mol. The number of rotatable bonds is 6. The summed E-state index contributed by atoms with van der Waals surface area (Å²) in [5.74, 6) is -1.72. The average molecular weight is 348 g/mol. The van der Waals surface area contributed by atoms with Crippen LogP contribution in [0.5, 0.6) is 5.75 Å². The number of hydrogen-bond acceptors (Lipinski definition) is 3. The van der Waals surface area contributed by atoms with Gasteiger partial charge >= 0.3 is 0 Å². The molecule has 1 atom stereocenters. The molecule has 132 valence electrons. The van der Waals surface area contributed by atoms with Crippen LogP contribution >= 0.6 is 0 Å². The molecule has 5 nitrogen and oxygen atoms in total. The number of carbonyl (C=O) groups is 2. The zero-order valence-corrected chi connectivity index (χ0v) is 13.8. The topological polar surface area (TPSA) is 67.4 Å². The Hall–Kier alpha value is -2.96. The fourth-order valence-corrected chi connectivity index (χ4v) is 2.36. The third-order valence-corrected chi connectivity index (χ3v) is 3.43. The summed E-state index contributed by atoms with van der Waals surface area (Å²) >= 11 is 0. The van der Waals surface area contributed by atoms with Gasteiger partial charge in [-0.1, -0.05) is 12.1 Å². The molecule has 2 aromatic rings. The van der Waals surface area contributed by atoms with Crippen molar-refractivity contribution in [2.24, 2.45) is 0 Å². The van der Waals surface area contributed by atoms with E-state index in [9.17, 15) is 18.4 Å². The van der Waals surface area contributed by atoms with Gasteiger partial charge in [-0.15, -0.1) is 0 Å². The zero-order chi connectivity index (χ0) is 18.4. The van der Waals surface area contributed by atoms with Crippen LogP contribution in [0.4, 0.5) is 14.5 Å². The van der Waals surface area contributed by atoms with Gasteiger partial charge in [-0.25, -0.2) is 8.78 Å². The summed E-state index contributed by atoms with van der Waals surface area (Å²) in [5, 5.41) is 5.11. The lowest BCUT2D eigenvalue weighted by Gasteiger charge is -2.18. The van der Waals surface area contributed by atoms with Crippen LogP contribution in [0.2, 0.25) is 0 Å². The number of carbonyl (C=O) groups excluding carboxylic acids is 2. The predicted molar refractivity (Wildman–Crippen MR) is 89.2 cm³/mol. The van der Waals surface area contributed by atoms with Crippen LogP contribution in [-0.2, 0) is 9.59 Å². The number of halogens is 2. The second-order valence-corrected chi connectivity index (χ2v) is 5.44. The monoisotopic (exact) mass is 348 g/mol. The highest BCUT2D eigenvalue weighted by Crippen LogP contribution is 2.21. The van der Waals surface area contributed by atoms with E-state index < -0.39 is 23.6 Å². The second-order valence-electron chi connectivity index (χ2n) is 5.44. The number of hydrogen-bond donors (Lipinski definition) is 2. The highest BCUT2D eigenvalue weighted by Gasteiger charge is 2.18. The van der Waals surface area contributed by atoms with E-state index >= 15 is 0 Å². The van der Waals surface area contributed by atoms with Crippen LogP contribution in [0, 0.1) is 11.6 Å². The van der Waals surface area contributed by atoms with Gasteiger partial charge in [-0.05, 0) is 29.8 Å². The van der Waals surface area contributed by atoms with E-state index in [0.717, 1.165) is 12.1 Å². The van der Waals surface area contributed by atoms with E-state index in [2.05, 4.69) is 10.6 Å². The Morgan fingerprint density at radius 1 is 1.08 bits per heavy atom. The molecule has 0 aliphatic carbocycles.